The molecule has 0 heterocycles. The molecule has 24 heavy (non-hydrogen) atoms. The van der Waals surface area contributed by atoms with Crippen LogP contribution in [0.3, 0.4) is 0 Å². The molecule has 2 nitrogen and oxygen atoms in total. The number of rotatable bonds is 15. The summed E-state index contributed by atoms with van der Waals surface area (Å²) < 4.78 is 0. The third kappa shape index (κ3) is 20.2. The van der Waals surface area contributed by atoms with E-state index >= 15 is 0 Å². The highest BCUT2D eigenvalue weighted by Gasteiger charge is 1.87. The Labute approximate surface area is 148 Å². The Morgan fingerprint density at radius 3 is 1.92 bits per heavy atom. The quantitative estimate of drug-likeness (QED) is 0.204. The van der Waals surface area contributed by atoms with Gasteiger partial charge in [-0.25, -0.2) is 0 Å². The summed E-state index contributed by atoms with van der Waals surface area (Å²) >= 11 is 0. The fourth-order valence-corrected chi connectivity index (χ4v) is 2.09. The minimum absolute atomic E-state index is 0.0983. The largest absolute Gasteiger partial charge is 0.481 e. The van der Waals surface area contributed by atoms with Crippen molar-refractivity contribution >= 4 is 5.97 Å². The summed E-state index contributed by atoms with van der Waals surface area (Å²) in [5.74, 6) is -0.789. The molecular formula is C22H34O2. The molecule has 0 aliphatic carbocycles. The molecule has 2 heteroatoms. The van der Waals surface area contributed by atoms with Gasteiger partial charge in [0, 0.05) is 0 Å². The molecule has 0 unspecified atom stereocenters. The number of aliphatic carboxylic acids is 1. The lowest BCUT2D eigenvalue weighted by molar-refractivity contribution is -0.136. The molecule has 0 spiro atoms. The van der Waals surface area contributed by atoms with E-state index in [1.54, 1.807) is 6.08 Å². The highest BCUT2D eigenvalue weighted by atomic mass is 16.4. The van der Waals surface area contributed by atoms with Gasteiger partial charge in [0.2, 0.25) is 0 Å². The maximum atomic E-state index is 10.3. The molecule has 0 aromatic rings. The molecule has 0 aromatic carbocycles. The van der Waals surface area contributed by atoms with E-state index < -0.39 is 5.97 Å². The van der Waals surface area contributed by atoms with Crippen molar-refractivity contribution in [2.75, 3.05) is 0 Å². The molecule has 0 aliphatic heterocycles. The molecule has 134 valence electrons. The summed E-state index contributed by atoms with van der Waals surface area (Å²) in [7, 11) is 0. The highest BCUT2D eigenvalue weighted by Crippen LogP contribution is 2.04. The number of carboxylic acid groups (broad SMARTS) is 1. The number of carboxylic acids is 1. The van der Waals surface area contributed by atoms with E-state index in [2.05, 4.69) is 31.2 Å². The van der Waals surface area contributed by atoms with Crippen molar-refractivity contribution in [3.8, 4) is 0 Å². The number of carbonyl (C=O) groups is 1. The molecular weight excluding hydrogens is 296 g/mol. The van der Waals surface area contributed by atoms with Gasteiger partial charge in [-0.3, -0.25) is 4.79 Å². The Morgan fingerprint density at radius 1 is 0.708 bits per heavy atom. The fraction of sp³-hybridized carbons (Fsp3) is 0.500. The standard InChI is InChI=1S/C22H34O2/c1-2-3-4-5-6-7-8-9-10-11-12-13-14-15-16-17-18-19-20-21-22(23)24/h6-7,12-17,19-20H,2-5,8-11,18,21H2,1H3,(H,23,24)/b7-6+,13-12+,15-14+,17-16+,20-19+. The summed E-state index contributed by atoms with van der Waals surface area (Å²) in [4.78, 5) is 10.3. The van der Waals surface area contributed by atoms with Gasteiger partial charge in [0.15, 0.2) is 0 Å². The fourth-order valence-electron chi connectivity index (χ4n) is 2.09. The van der Waals surface area contributed by atoms with Gasteiger partial charge in [0.05, 0.1) is 6.42 Å². The monoisotopic (exact) mass is 330 g/mol. The van der Waals surface area contributed by atoms with Crippen LogP contribution in [0, 0.1) is 0 Å². The zero-order chi connectivity index (χ0) is 17.7. The predicted molar refractivity (Wildman–Crippen MR) is 105 cm³/mol. The lowest BCUT2D eigenvalue weighted by Crippen LogP contribution is -1.89. The van der Waals surface area contributed by atoms with E-state index in [-0.39, 0.29) is 6.42 Å². The van der Waals surface area contributed by atoms with Crippen molar-refractivity contribution in [1.29, 1.82) is 0 Å². The van der Waals surface area contributed by atoms with E-state index in [4.69, 9.17) is 5.11 Å². The van der Waals surface area contributed by atoms with Crippen molar-refractivity contribution in [3.05, 3.63) is 60.8 Å². The Hall–Kier alpha value is -1.83. The molecule has 1 N–H and O–H groups in total. The van der Waals surface area contributed by atoms with E-state index in [1.807, 2.05) is 30.4 Å². The van der Waals surface area contributed by atoms with E-state index in [9.17, 15) is 4.79 Å². The first-order chi connectivity index (χ1) is 11.8. The van der Waals surface area contributed by atoms with Crippen LogP contribution in [-0.4, -0.2) is 11.1 Å². The second-order valence-corrected chi connectivity index (χ2v) is 5.80. The van der Waals surface area contributed by atoms with Gasteiger partial charge < -0.3 is 5.11 Å². The molecule has 0 aliphatic rings. The van der Waals surface area contributed by atoms with Crippen LogP contribution in [0.2, 0.25) is 0 Å². The summed E-state index contributed by atoms with van der Waals surface area (Å²) in [5.41, 5.74) is 0. The van der Waals surface area contributed by atoms with Gasteiger partial charge in [0.1, 0.15) is 0 Å². The second-order valence-electron chi connectivity index (χ2n) is 5.80. The topological polar surface area (TPSA) is 37.3 Å². The Kier molecular flexibility index (Phi) is 17.8. The van der Waals surface area contributed by atoms with Crippen molar-refractivity contribution in [3.63, 3.8) is 0 Å². The molecule has 0 radical (unpaired) electrons. The Morgan fingerprint density at radius 2 is 1.29 bits per heavy atom. The van der Waals surface area contributed by atoms with Gasteiger partial charge >= 0.3 is 5.97 Å². The lowest BCUT2D eigenvalue weighted by atomic mass is 10.1. The van der Waals surface area contributed by atoms with Crippen LogP contribution in [-0.2, 0) is 4.79 Å². The van der Waals surface area contributed by atoms with E-state index in [0.29, 0.717) is 0 Å². The van der Waals surface area contributed by atoms with Crippen LogP contribution in [0.5, 0.6) is 0 Å². The SMILES string of the molecule is CCCCC/C=C/CCCC/C=C/C=C/C=C/C/C=C/CC(=O)O. The highest BCUT2D eigenvalue weighted by molar-refractivity contribution is 5.68. The molecule has 0 rings (SSSR count). The van der Waals surface area contributed by atoms with Crippen molar-refractivity contribution in [2.45, 2.75) is 71.1 Å². The summed E-state index contributed by atoms with van der Waals surface area (Å²) in [6.07, 6.45) is 31.5. The molecule has 0 fully saturated rings. The van der Waals surface area contributed by atoms with Crippen LogP contribution >= 0.6 is 0 Å². The third-order valence-corrected chi connectivity index (χ3v) is 3.47. The van der Waals surface area contributed by atoms with Gasteiger partial charge in [-0.15, -0.1) is 0 Å². The van der Waals surface area contributed by atoms with E-state index in [1.165, 1.54) is 44.9 Å². The molecule has 0 saturated carbocycles. The normalized spacial score (nSPS) is 12.7. The maximum absolute atomic E-state index is 10.3. The Bertz CT molecular complexity index is 425. The number of allylic oxidation sites excluding steroid dienone is 9. The summed E-state index contributed by atoms with van der Waals surface area (Å²) in [6.45, 7) is 2.24. The average Bonchev–Trinajstić information content (AvgIpc) is 2.56. The molecule has 0 aromatic heterocycles. The van der Waals surface area contributed by atoms with Gasteiger partial charge in [-0.2, -0.15) is 0 Å². The maximum Gasteiger partial charge on any atom is 0.307 e. The minimum atomic E-state index is -0.789. The van der Waals surface area contributed by atoms with E-state index in [0.717, 1.165) is 12.8 Å². The van der Waals surface area contributed by atoms with Crippen LogP contribution < -0.4 is 0 Å². The van der Waals surface area contributed by atoms with Crippen LogP contribution in [0.15, 0.2) is 60.8 Å². The van der Waals surface area contributed by atoms with Crippen molar-refractivity contribution in [2.24, 2.45) is 0 Å². The lowest BCUT2D eigenvalue weighted by Gasteiger charge is -1.94. The molecule has 0 bridgehead atoms. The number of hydrogen-bond acceptors (Lipinski definition) is 1. The minimum Gasteiger partial charge on any atom is -0.481 e. The van der Waals surface area contributed by atoms with Crippen molar-refractivity contribution < 1.29 is 9.90 Å². The third-order valence-electron chi connectivity index (χ3n) is 3.47. The smallest absolute Gasteiger partial charge is 0.307 e. The summed E-state index contributed by atoms with van der Waals surface area (Å²) in [6, 6.07) is 0. The average molecular weight is 331 g/mol. The molecule has 0 atom stereocenters. The molecule has 0 saturated heterocycles. The van der Waals surface area contributed by atoms with Crippen LogP contribution in [0.25, 0.3) is 0 Å². The first kappa shape index (κ1) is 22.2. The zero-order valence-electron chi connectivity index (χ0n) is 15.2. The summed E-state index contributed by atoms with van der Waals surface area (Å²) in [5, 5.41) is 8.47. The first-order valence-electron chi connectivity index (χ1n) is 9.27. The first-order valence-corrected chi connectivity index (χ1v) is 9.27. The zero-order valence-corrected chi connectivity index (χ0v) is 15.2. The van der Waals surface area contributed by atoms with Gasteiger partial charge in [0.25, 0.3) is 0 Å². The molecule has 0 amide bonds. The van der Waals surface area contributed by atoms with Crippen LogP contribution in [0.1, 0.15) is 71.1 Å². The predicted octanol–water partition coefficient (Wildman–Crippen LogP) is 6.77. The van der Waals surface area contributed by atoms with Gasteiger partial charge in [-0.1, -0.05) is 80.5 Å². The number of hydrogen-bond donors (Lipinski definition) is 1. The van der Waals surface area contributed by atoms with Gasteiger partial charge in [-0.05, 0) is 44.9 Å². The second kappa shape index (κ2) is 19.2. The Balaban J connectivity index is 3.45. The number of unbranched alkanes of at least 4 members (excludes halogenated alkanes) is 6. The van der Waals surface area contributed by atoms with Crippen LogP contribution in [0.4, 0.5) is 0 Å². The van der Waals surface area contributed by atoms with Crippen molar-refractivity contribution in [1.82, 2.24) is 0 Å².